The van der Waals surface area contributed by atoms with Gasteiger partial charge in [0.2, 0.25) is 5.91 Å². The molecule has 0 aliphatic heterocycles. The zero-order valence-corrected chi connectivity index (χ0v) is 11.5. The lowest BCUT2D eigenvalue weighted by Crippen LogP contribution is -2.39. The van der Waals surface area contributed by atoms with Gasteiger partial charge in [0, 0.05) is 11.3 Å². The Morgan fingerprint density at radius 1 is 1.39 bits per heavy atom. The van der Waals surface area contributed by atoms with E-state index in [4.69, 9.17) is 5.73 Å². The second-order valence-electron chi connectivity index (χ2n) is 4.76. The van der Waals surface area contributed by atoms with Gasteiger partial charge in [0.15, 0.2) is 0 Å². The van der Waals surface area contributed by atoms with Crippen LogP contribution in [0.25, 0.3) is 0 Å². The van der Waals surface area contributed by atoms with Crippen LogP contribution in [0.2, 0.25) is 0 Å². The minimum absolute atomic E-state index is 0.0621. The van der Waals surface area contributed by atoms with Crippen molar-refractivity contribution >= 4 is 17.7 Å². The van der Waals surface area contributed by atoms with Gasteiger partial charge < -0.3 is 11.1 Å². The number of carbonyl (C=O) groups excluding carboxylic acids is 1. The van der Waals surface area contributed by atoms with E-state index in [1.54, 1.807) is 0 Å². The number of rotatable bonds is 4. The first-order valence-electron chi connectivity index (χ1n) is 6.34. The molecule has 0 heterocycles. The molecule has 4 heteroatoms. The van der Waals surface area contributed by atoms with Crippen molar-refractivity contribution in [2.75, 3.05) is 6.26 Å². The Balaban J connectivity index is 1.89. The zero-order valence-electron chi connectivity index (χ0n) is 10.6. The molecule has 1 aliphatic carbocycles. The van der Waals surface area contributed by atoms with Gasteiger partial charge in [0.05, 0.1) is 0 Å². The summed E-state index contributed by atoms with van der Waals surface area (Å²) in [5, 5.41) is 3.75. The number of carbonyl (C=O) groups is 1. The van der Waals surface area contributed by atoms with Gasteiger partial charge in [0.25, 0.3) is 0 Å². The summed E-state index contributed by atoms with van der Waals surface area (Å²) in [6.07, 6.45) is 5.45. The normalized spacial score (nSPS) is 24.8. The molecule has 0 radical (unpaired) electrons. The molecule has 3 nitrogen and oxygen atoms in total. The van der Waals surface area contributed by atoms with Gasteiger partial charge in [-0.3, -0.25) is 4.79 Å². The highest BCUT2D eigenvalue weighted by Gasteiger charge is 2.26. The lowest BCUT2D eigenvalue weighted by atomic mass is 10.1. The summed E-state index contributed by atoms with van der Waals surface area (Å²) in [5.41, 5.74) is 6.84. The highest BCUT2D eigenvalue weighted by atomic mass is 32.2. The molecule has 18 heavy (non-hydrogen) atoms. The van der Waals surface area contributed by atoms with E-state index in [9.17, 15) is 4.79 Å². The molecule has 0 bridgehead atoms. The van der Waals surface area contributed by atoms with E-state index in [1.165, 1.54) is 6.42 Å². The maximum atomic E-state index is 12.1. The Morgan fingerprint density at radius 2 is 2.11 bits per heavy atom. The quantitative estimate of drug-likeness (QED) is 0.875. The number of amides is 1. The minimum atomic E-state index is -0.556. The topological polar surface area (TPSA) is 55.1 Å². The van der Waals surface area contributed by atoms with Crippen LogP contribution in [-0.2, 0) is 4.79 Å². The van der Waals surface area contributed by atoms with Crippen molar-refractivity contribution in [3.05, 3.63) is 35.9 Å². The molecule has 3 N–H and O–H groups in total. The van der Waals surface area contributed by atoms with Gasteiger partial charge in [-0.25, -0.2) is 0 Å². The molecule has 3 atom stereocenters. The van der Waals surface area contributed by atoms with Crippen LogP contribution >= 0.6 is 11.8 Å². The fourth-order valence-corrected chi connectivity index (χ4v) is 3.18. The van der Waals surface area contributed by atoms with Crippen molar-refractivity contribution in [3.63, 3.8) is 0 Å². The van der Waals surface area contributed by atoms with Gasteiger partial charge in [0.1, 0.15) is 6.04 Å². The Kier molecular flexibility index (Phi) is 4.66. The van der Waals surface area contributed by atoms with E-state index in [0.717, 1.165) is 18.4 Å². The zero-order chi connectivity index (χ0) is 13.0. The lowest BCUT2D eigenvalue weighted by Gasteiger charge is -2.17. The number of benzene rings is 1. The Bertz CT molecular complexity index is 396. The van der Waals surface area contributed by atoms with Crippen molar-refractivity contribution in [3.8, 4) is 0 Å². The van der Waals surface area contributed by atoms with Crippen LogP contribution in [0, 0.1) is 0 Å². The number of thioether (sulfide) groups is 1. The van der Waals surface area contributed by atoms with E-state index < -0.39 is 6.04 Å². The van der Waals surface area contributed by atoms with Gasteiger partial charge in [-0.15, -0.1) is 0 Å². The summed E-state index contributed by atoms with van der Waals surface area (Å²) in [6, 6.07) is 9.26. The average molecular weight is 264 g/mol. The maximum Gasteiger partial charge on any atom is 0.241 e. The predicted octanol–water partition coefficient (Wildman–Crippen LogP) is 2.09. The first-order valence-corrected chi connectivity index (χ1v) is 7.63. The Labute approximate surface area is 113 Å². The van der Waals surface area contributed by atoms with E-state index >= 15 is 0 Å². The van der Waals surface area contributed by atoms with Crippen LogP contribution in [0.4, 0.5) is 0 Å². The molecular formula is C14H20N2OS. The fourth-order valence-electron chi connectivity index (χ4n) is 2.39. The van der Waals surface area contributed by atoms with Crippen molar-refractivity contribution in [1.82, 2.24) is 5.32 Å². The van der Waals surface area contributed by atoms with E-state index in [2.05, 4.69) is 11.6 Å². The summed E-state index contributed by atoms with van der Waals surface area (Å²) < 4.78 is 0. The Hall–Kier alpha value is -1.00. The molecule has 0 saturated heterocycles. The van der Waals surface area contributed by atoms with Gasteiger partial charge in [-0.05, 0) is 31.1 Å². The molecule has 2 rings (SSSR count). The van der Waals surface area contributed by atoms with Gasteiger partial charge in [-0.1, -0.05) is 30.3 Å². The van der Waals surface area contributed by atoms with Crippen LogP contribution < -0.4 is 11.1 Å². The largest absolute Gasteiger partial charge is 0.352 e. The smallest absolute Gasteiger partial charge is 0.241 e. The van der Waals surface area contributed by atoms with Crippen molar-refractivity contribution in [2.24, 2.45) is 5.73 Å². The fraction of sp³-hybridized carbons (Fsp3) is 0.500. The highest BCUT2D eigenvalue weighted by Crippen LogP contribution is 2.28. The highest BCUT2D eigenvalue weighted by molar-refractivity contribution is 7.99. The standard InChI is InChI=1S/C14H20N2OS/c1-18-12-8-7-11(9-12)16-14(17)13(15)10-5-3-2-4-6-10/h2-6,11-13H,7-9,15H2,1H3,(H,16,17)/t11?,12?,13-/m0/s1. The molecule has 1 aromatic carbocycles. The Morgan fingerprint density at radius 3 is 2.72 bits per heavy atom. The van der Waals surface area contributed by atoms with Gasteiger partial charge in [-0.2, -0.15) is 11.8 Å². The van der Waals surface area contributed by atoms with E-state index in [1.807, 2.05) is 42.1 Å². The van der Waals surface area contributed by atoms with Crippen LogP contribution in [0.15, 0.2) is 30.3 Å². The number of hydrogen-bond acceptors (Lipinski definition) is 3. The molecule has 1 amide bonds. The second-order valence-corrected chi connectivity index (χ2v) is 5.90. The van der Waals surface area contributed by atoms with Crippen LogP contribution in [0.1, 0.15) is 30.9 Å². The molecule has 0 spiro atoms. The van der Waals surface area contributed by atoms with Crippen molar-refractivity contribution in [2.45, 2.75) is 36.6 Å². The predicted molar refractivity (Wildman–Crippen MR) is 76.5 cm³/mol. The third-order valence-electron chi connectivity index (χ3n) is 3.51. The summed E-state index contributed by atoms with van der Waals surface area (Å²) in [7, 11) is 0. The molecule has 98 valence electrons. The summed E-state index contributed by atoms with van der Waals surface area (Å²) >= 11 is 1.89. The molecule has 1 aliphatic rings. The molecule has 2 unspecified atom stereocenters. The SMILES string of the molecule is CSC1CCC(NC(=O)[C@@H](N)c2ccccc2)C1. The van der Waals surface area contributed by atoms with Crippen LogP contribution in [-0.4, -0.2) is 23.5 Å². The first-order chi connectivity index (χ1) is 8.70. The molecule has 1 aromatic rings. The monoisotopic (exact) mass is 264 g/mol. The molecular weight excluding hydrogens is 244 g/mol. The average Bonchev–Trinajstić information content (AvgIpc) is 2.86. The molecule has 1 fully saturated rings. The molecule has 0 aromatic heterocycles. The molecule has 1 saturated carbocycles. The van der Waals surface area contributed by atoms with Crippen molar-refractivity contribution < 1.29 is 4.79 Å². The van der Waals surface area contributed by atoms with E-state index in [-0.39, 0.29) is 5.91 Å². The maximum absolute atomic E-state index is 12.1. The summed E-state index contributed by atoms with van der Waals surface area (Å²) in [4.78, 5) is 12.1. The summed E-state index contributed by atoms with van der Waals surface area (Å²) in [5.74, 6) is -0.0621. The summed E-state index contributed by atoms with van der Waals surface area (Å²) in [6.45, 7) is 0. The van der Waals surface area contributed by atoms with Crippen molar-refractivity contribution in [1.29, 1.82) is 0 Å². The van der Waals surface area contributed by atoms with Crippen LogP contribution in [0.5, 0.6) is 0 Å². The lowest BCUT2D eigenvalue weighted by molar-refractivity contribution is -0.123. The number of hydrogen-bond donors (Lipinski definition) is 2. The number of nitrogens with one attached hydrogen (secondary N) is 1. The third-order valence-corrected chi connectivity index (χ3v) is 4.60. The van der Waals surface area contributed by atoms with Gasteiger partial charge >= 0.3 is 0 Å². The second kappa shape index (κ2) is 6.25. The number of nitrogens with two attached hydrogens (primary N) is 1. The van der Waals surface area contributed by atoms with Crippen LogP contribution in [0.3, 0.4) is 0 Å². The third kappa shape index (κ3) is 3.27. The minimum Gasteiger partial charge on any atom is -0.352 e. The van der Waals surface area contributed by atoms with E-state index in [0.29, 0.717) is 11.3 Å². The first kappa shape index (κ1) is 13.4.